The molecule has 0 aliphatic heterocycles. The average molecular weight is 522 g/mol. The molecule has 4 rings (SSSR count). The Morgan fingerprint density at radius 2 is 1.97 bits per heavy atom. The molecule has 188 valence electrons. The third-order valence-corrected chi connectivity index (χ3v) is 6.37. The van der Waals surface area contributed by atoms with Gasteiger partial charge in [-0.2, -0.15) is 23.4 Å². The first-order chi connectivity index (χ1) is 16.9. The molecule has 0 spiro atoms. The van der Waals surface area contributed by atoms with Crippen LogP contribution in [0.1, 0.15) is 28.0 Å². The van der Waals surface area contributed by atoms with Gasteiger partial charge in [0.1, 0.15) is 34.3 Å². The third-order valence-electron chi connectivity index (χ3n) is 5.27. The van der Waals surface area contributed by atoms with Crippen LogP contribution in [0.2, 0.25) is 0 Å². The van der Waals surface area contributed by atoms with Crippen molar-refractivity contribution in [2.75, 3.05) is 5.32 Å². The van der Waals surface area contributed by atoms with Crippen LogP contribution in [0.3, 0.4) is 0 Å². The number of hydrogen-bond acceptors (Lipinski definition) is 8. The fourth-order valence-electron chi connectivity index (χ4n) is 3.64. The van der Waals surface area contributed by atoms with Gasteiger partial charge in [-0.15, -0.1) is 11.3 Å². The van der Waals surface area contributed by atoms with Crippen LogP contribution in [0.25, 0.3) is 21.3 Å². The van der Waals surface area contributed by atoms with Crippen molar-refractivity contribution in [1.29, 1.82) is 0 Å². The van der Waals surface area contributed by atoms with E-state index in [1.54, 1.807) is 11.6 Å². The zero-order valence-electron chi connectivity index (χ0n) is 18.7. The molecular weight excluding hydrogens is 505 g/mol. The highest BCUT2D eigenvalue weighted by Gasteiger charge is 2.35. The van der Waals surface area contributed by atoms with E-state index < -0.39 is 35.2 Å². The Kier molecular flexibility index (Phi) is 6.21. The summed E-state index contributed by atoms with van der Waals surface area (Å²) in [5.41, 5.74) is 4.80. The van der Waals surface area contributed by atoms with Crippen LogP contribution in [0.5, 0.6) is 0 Å². The minimum Gasteiger partial charge on any atom is -0.365 e. The molecule has 16 heteroatoms. The van der Waals surface area contributed by atoms with Crippen molar-refractivity contribution in [2.24, 2.45) is 5.73 Å². The first-order valence-electron chi connectivity index (χ1n) is 10.2. The monoisotopic (exact) mass is 522 g/mol. The number of pyridine rings is 1. The van der Waals surface area contributed by atoms with Gasteiger partial charge in [-0.3, -0.25) is 29.1 Å². The van der Waals surface area contributed by atoms with Crippen molar-refractivity contribution in [3.63, 3.8) is 0 Å². The Morgan fingerprint density at radius 1 is 1.25 bits per heavy atom. The average Bonchev–Trinajstić information content (AvgIpc) is 3.50. The molecule has 4 aromatic rings. The number of primary amides is 1. The van der Waals surface area contributed by atoms with E-state index in [2.05, 4.69) is 20.5 Å². The Morgan fingerprint density at radius 3 is 2.53 bits per heavy atom. The normalized spacial score (nSPS) is 11.7. The minimum atomic E-state index is -4.79. The first kappa shape index (κ1) is 24.8. The maximum Gasteiger partial charge on any atom is 0.433 e. The molecule has 0 radical (unpaired) electrons. The highest BCUT2D eigenvalue weighted by molar-refractivity contribution is 7.21. The van der Waals surface area contributed by atoms with Crippen molar-refractivity contribution in [1.82, 2.24) is 24.5 Å². The Balaban J connectivity index is 1.88. The summed E-state index contributed by atoms with van der Waals surface area (Å²) >= 11 is 0.607. The highest BCUT2D eigenvalue weighted by Crippen LogP contribution is 2.44. The topological polar surface area (TPSA) is 164 Å². The van der Waals surface area contributed by atoms with Crippen molar-refractivity contribution in [3.8, 4) is 11.1 Å². The summed E-state index contributed by atoms with van der Waals surface area (Å²) in [7, 11) is 0. The number of amides is 2. The SMILES string of the molecule is CCn1ncc(-c2cc(C(F)(F)F)nc3sc(C(N)=O)c(NC(=O)Cn4cc([N+](=O)[O-])cn4)c23)c1C. The number of halogens is 3. The number of carbonyl (C=O) groups is 2. The summed E-state index contributed by atoms with van der Waals surface area (Å²) in [6, 6.07) is 0.830. The maximum atomic E-state index is 13.7. The number of alkyl halides is 3. The van der Waals surface area contributed by atoms with Crippen molar-refractivity contribution < 1.29 is 27.7 Å². The molecule has 3 N–H and O–H groups in total. The van der Waals surface area contributed by atoms with E-state index >= 15 is 0 Å². The molecule has 0 aliphatic rings. The van der Waals surface area contributed by atoms with E-state index in [9.17, 15) is 32.9 Å². The molecule has 4 heterocycles. The number of aryl methyl sites for hydroxylation is 1. The second kappa shape index (κ2) is 9.03. The molecule has 0 bridgehead atoms. The number of fused-ring (bicyclic) bond motifs is 1. The summed E-state index contributed by atoms with van der Waals surface area (Å²) < 4.78 is 43.6. The summed E-state index contributed by atoms with van der Waals surface area (Å²) in [5.74, 6) is -1.73. The van der Waals surface area contributed by atoms with E-state index in [0.29, 0.717) is 29.1 Å². The van der Waals surface area contributed by atoms with E-state index in [1.165, 1.54) is 6.20 Å². The van der Waals surface area contributed by atoms with Gasteiger partial charge in [0.25, 0.3) is 5.91 Å². The summed E-state index contributed by atoms with van der Waals surface area (Å²) in [6.45, 7) is 3.48. The van der Waals surface area contributed by atoms with Crippen molar-refractivity contribution in [3.05, 3.63) is 51.0 Å². The molecular formula is C20H17F3N8O4S. The standard InChI is InChI=1S/C20H17F3N8O4S/c1-3-30-9(2)12(6-26-30)11-4-13(20(21,22)23)27-19-15(11)16(17(36-19)18(24)33)28-14(32)8-29-7-10(5-25-29)31(34)35/h4-7H,3,8H2,1-2H3,(H2,24,33)(H,28,32). The van der Waals surface area contributed by atoms with E-state index in [-0.39, 0.29) is 32.0 Å². The quantitative estimate of drug-likeness (QED) is 0.278. The summed E-state index contributed by atoms with van der Waals surface area (Å²) in [5, 5.41) is 21.4. The van der Waals surface area contributed by atoms with E-state index in [0.717, 1.165) is 23.1 Å². The predicted molar refractivity (Wildman–Crippen MR) is 122 cm³/mol. The fraction of sp³-hybridized carbons (Fsp3) is 0.250. The minimum absolute atomic E-state index is 0.0540. The molecule has 0 aromatic carbocycles. The van der Waals surface area contributed by atoms with Gasteiger partial charge in [0.2, 0.25) is 5.91 Å². The second-order valence-corrected chi connectivity index (χ2v) is 8.56. The van der Waals surface area contributed by atoms with Gasteiger partial charge in [-0.05, 0) is 25.5 Å². The lowest BCUT2D eigenvalue weighted by molar-refractivity contribution is -0.385. The fourth-order valence-corrected chi connectivity index (χ4v) is 4.65. The number of nitro groups is 1. The number of nitrogens with one attached hydrogen (secondary N) is 1. The molecule has 0 fully saturated rings. The van der Waals surface area contributed by atoms with Gasteiger partial charge in [-0.25, -0.2) is 4.98 Å². The number of hydrogen-bond donors (Lipinski definition) is 2. The van der Waals surface area contributed by atoms with Crippen LogP contribution in [-0.4, -0.2) is 41.3 Å². The number of nitrogens with zero attached hydrogens (tertiary/aromatic N) is 6. The zero-order valence-corrected chi connectivity index (χ0v) is 19.5. The molecule has 0 saturated carbocycles. The lowest BCUT2D eigenvalue weighted by atomic mass is 10.0. The second-order valence-electron chi connectivity index (χ2n) is 7.56. The third kappa shape index (κ3) is 4.49. The molecule has 12 nitrogen and oxygen atoms in total. The van der Waals surface area contributed by atoms with Crippen LogP contribution >= 0.6 is 11.3 Å². The lowest BCUT2D eigenvalue weighted by Gasteiger charge is -2.12. The van der Waals surface area contributed by atoms with Crippen LogP contribution in [0.15, 0.2) is 24.7 Å². The number of rotatable bonds is 7. The molecule has 0 saturated heterocycles. The molecule has 2 amide bonds. The molecule has 0 aliphatic carbocycles. The van der Waals surface area contributed by atoms with E-state index in [1.807, 2.05) is 6.92 Å². The number of nitrogens with two attached hydrogens (primary N) is 1. The Labute approximate surface area is 203 Å². The van der Waals surface area contributed by atoms with Crippen molar-refractivity contribution in [2.45, 2.75) is 33.1 Å². The van der Waals surface area contributed by atoms with Gasteiger partial charge in [0.15, 0.2) is 0 Å². The van der Waals surface area contributed by atoms with Crippen LogP contribution < -0.4 is 11.1 Å². The number of anilines is 1. The molecule has 0 atom stereocenters. The van der Waals surface area contributed by atoms with Gasteiger partial charge in [-0.1, -0.05) is 0 Å². The lowest BCUT2D eigenvalue weighted by Crippen LogP contribution is -2.21. The van der Waals surface area contributed by atoms with Crippen LogP contribution in [-0.2, 0) is 24.1 Å². The zero-order chi connectivity index (χ0) is 26.4. The predicted octanol–water partition coefficient (Wildman–Crippen LogP) is 3.35. The number of thiophene rings is 1. The van der Waals surface area contributed by atoms with Gasteiger partial charge in [0.05, 0.1) is 16.8 Å². The van der Waals surface area contributed by atoms with Crippen LogP contribution in [0, 0.1) is 17.0 Å². The molecule has 4 aromatic heterocycles. The smallest absolute Gasteiger partial charge is 0.365 e. The molecule has 0 unspecified atom stereocenters. The molecule has 36 heavy (non-hydrogen) atoms. The summed E-state index contributed by atoms with van der Waals surface area (Å²) in [6.07, 6.45) is -1.40. The largest absolute Gasteiger partial charge is 0.433 e. The van der Waals surface area contributed by atoms with E-state index in [4.69, 9.17) is 5.73 Å². The highest BCUT2D eigenvalue weighted by atomic mass is 32.1. The Hall–Kier alpha value is -4.34. The summed E-state index contributed by atoms with van der Waals surface area (Å²) in [4.78, 5) is 38.4. The van der Waals surface area contributed by atoms with Crippen LogP contribution in [0.4, 0.5) is 24.5 Å². The first-order valence-corrected chi connectivity index (χ1v) is 11.1. The number of carbonyl (C=O) groups excluding carboxylic acids is 2. The van der Waals surface area contributed by atoms with Gasteiger partial charge >= 0.3 is 11.9 Å². The number of aromatic nitrogens is 5. The van der Waals surface area contributed by atoms with Crippen molar-refractivity contribution >= 4 is 44.7 Å². The van der Waals surface area contributed by atoms with Gasteiger partial charge in [0, 0.05) is 23.2 Å². The van der Waals surface area contributed by atoms with Gasteiger partial charge < -0.3 is 11.1 Å². The Bertz CT molecular complexity index is 1520. The maximum absolute atomic E-state index is 13.7.